The summed E-state index contributed by atoms with van der Waals surface area (Å²) in [6.07, 6.45) is 2.25. The van der Waals surface area contributed by atoms with Crippen LogP contribution in [0.3, 0.4) is 0 Å². The molecule has 5 nitrogen and oxygen atoms in total. The molecule has 0 fully saturated rings. The lowest BCUT2D eigenvalue weighted by atomic mass is 10.4. The van der Waals surface area contributed by atoms with Crippen molar-refractivity contribution in [1.29, 1.82) is 0 Å². The van der Waals surface area contributed by atoms with Crippen molar-refractivity contribution in [2.75, 3.05) is 6.54 Å². The first-order valence-corrected chi connectivity index (χ1v) is 6.12. The zero-order chi connectivity index (χ0) is 12.5. The van der Waals surface area contributed by atoms with E-state index in [9.17, 15) is 13.2 Å². The largest absolute Gasteiger partial charge is 0.353 e. The number of amides is 1. The Bertz CT molecular complexity index is 282. The molecule has 0 saturated carbocycles. The molecular formula is C9H19NO4S. The fourth-order valence-corrected chi connectivity index (χ4v) is 0.320. The van der Waals surface area contributed by atoms with Gasteiger partial charge in [-0.2, -0.15) is 8.42 Å². The molecule has 0 unspecified atom stereocenters. The van der Waals surface area contributed by atoms with Crippen molar-refractivity contribution < 1.29 is 17.8 Å². The minimum atomic E-state index is -3.74. The molecule has 0 aliphatic heterocycles. The van der Waals surface area contributed by atoms with Crippen molar-refractivity contribution in [2.24, 2.45) is 0 Å². The Hall–Kier alpha value is -0.880. The summed E-state index contributed by atoms with van der Waals surface area (Å²) in [4.78, 5) is 10.3. The van der Waals surface area contributed by atoms with Gasteiger partial charge >= 0.3 is 0 Å². The first-order chi connectivity index (χ1) is 6.75. The van der Waals surface area contributed by atoms with Crippen LogP contribution in [-0.2, 0) is 14.9 Å². The molecule has 1 amide bonds. The fourth-order valence-electron chi connectivity index (χ4n) is 0.320. The predicted molar refractivity (Wildman–Crippen MR) is 60.2 cm³/mol. The molecule has 90 valence electrons. The van der Waals surface area contributed by atoms with Crippen LogP contribution in [-0.4, -0.2) is 30.7 Å². The Labute approximate surface area is 91.3 Å². The van der Waals surface area contributed by atoms with Crippen molar-refractivity contribution in [2.45, 2.75) is 32.4 Å². The molecule has 2 N–H and O–H groups in total. The van der Waals surface area contributed by atoms with E-state index in [2.05, 4.69) is 11.9 Å². The average molecular weight is 237 g/mol. The first-order valence-electron chi connectivity index (χ1n) is 4.62. The molecule has 0 spiro atoms. The maximum atomic E-state index is 10.3. The Kier molecular flexibility index (Phi) is 9.30. The molecule has 0 heterocycles. The van der Waals surface area contributed by atoms with Gasteiger partial charge in [0.05, 0.1) is 5.25 Å². The third kappa shape index (κ3) is 13.1. The van der Waals surface area contributed by atoms with E-state index in [1.54, 1.807) is 0 Å². The summed E-state index contributed by atoms with van der Waals surface area (Å²) in [5.41, 5.74) is 0. The highest BCUT2D eigenvalue weighted by atomic mass is 32.2. The van der Waals surface area contributed by atoms with Gasteiger partial charge in [-0.15, -0.1) is 0 Å². The number of hydrogen-bond donors (Lipinski definition) is 2. The molecule has 0 saturated heterocycles. The maximum absolute atomic E-state index is 10.3. The summed E-state index contributed by atoms with van der Waals surface area (Å²) in [6, 6.07) is 0. The summed E-state index contributed by atoms with van der Waals surface area (Å²) in [6.45, 7) is 8.87. The highest BCUT2D eigenvalue weighted by Crippen LogP contribution is 1.91. The molecule has 15 heavy (non-hydrogen) atoms. The van der Waals surface area contributed by atoms with E-state index in [4.69, 9.17) is 4.55 Å². The van der Waals surface area contributed by atoms with E-state index in [-0.39, 0.29) is 5.91 Å². The summed E-state index contributed by atoms with van der Waals surface area (Å²) in [7, 11) is -3.74. The van der Waals surface area contributed by atoms with Gasteiger partial charge in [-0.1, -0.05) is 13.5 Å². The van der Waals surface area contributed by atoms with Crippen LogP contribution in [0.5, 0.6) is 0 Å². The van der Waals surface area contributed by atoms with Gasteiger partial charge in [0.25, 0.3) is 10.1 Å². The van der Waals surface area contributed by atoms with E-state index in [1.165, 1.54) is 19.9 Å². The minimum absolute atomic E-state index is 0.0909. The first kappa shape index (κ1) is 16.5. The minimum Gasteiger partial charge on any atom is -0.353 e. The number of hydrogen-bond acceptors (Lipinski definition) is 3. The Morgan fingerprint density at radius 2 is 1.93 bits per heavy atom. The van der Waals surface area contributed by atoms with E-state index >= 15 is 0 Å². The molecule has 0 bridgehead atoms. The van der Waals surface area contributed by atoms with Gasteiger partial charge in [-0.25, -0.2) is 0 Å². The van der Waals surface area contributed by atoms with Crippen molar-refractivity contribution in [3.05, 3.63) is 12.7 Å². The lowest BCUT2D eigenvalue weighted by Crippen LogP contribution is -2.20. The maximum Gasteiger partial charge on any atom is 0.267 e. The summed E-state index contributed by atoms with van der Waals surface area (Å²) < 4.78 is 27.8. The smallest absolute Gasteiger partial charge is 0.267 e. The third-order valence-electron chi connectivity index (χ3n) is 1.33. The standard InChI is InChI=1S/C6H11NO.C3H8O3S/c1-3-5-7-6(8)4-2;1-3(2)7(4,5)6/h4H,2-3,5H2,1H3,(H,7,8);3H,1-2H3,(H,4,5,6). The molecule has 0 aliphatic rings. The van der Waals surface area contributed by atoms with E-state index in [0.29, 0.717) is 0 Å². The number of carbonyl (C=O) groups is 1. The molecule has 0 radical (unpaired) electrons. The molecule has 0 aromatic carbocycles. The monoisotopic (exact) mass is 237 g/mol. The molecule has 6 heteroatoms. The van der Waals surface area contributed by atoms with Crippen molar-refractivity contribution in [3.63, 3.8) is 0 Å². The second-order valence-corrected chi connectivity index (χ2v) is 5.03. The predicted octanol–water partition coefficient (Wildman–Crippen LogP) is 0.981. The zero-order valence-electron chi connectivity index (χ0n) is 9.36. The molecular weight excluding hydrogens is 218 g/mol. The summed E-state index contributed by atoms with van der Waals surface area (Å²) in [5.74, 6) is -0.0909. The zero-order valence-corrected chi connectivity index (χ0v) is 10.2. The molecule has 0 atom stereocenters. The van der Waals surface area contributed by atoms with Crippen molar-refractivity contribution in [1.82, 2.24) is 5.32 Å². The van der Waals surface area contributed by atoms with Crippen LogP contribution in [0, 0.1) is 0 Å². The van der Waals surface area contributed by atoms with Crippen molar-refractivity contribution in [3.8, 4) is 0 Å². The molecule has 0 aliphatic carbocycles. The number of nitrogens with one attached hydrogen (secondary N) is 1. The van der Waals surface area contributed by atoms with E-state index < -0.39 is 15.4 Å². The SMILES string of the molecule is C=CC(=O)NCCC.CC(C)S(=O)(=O)O. The Morgan fingerprint density at radius 3 is 2.13 bits per heavy atom. The van der Waals surface area contributed by atoms with Gasteiger partial charge < -0.3 is 5.32 Å². The van der Waals surface area contributed by atoms with Gasteiger partial charge in [0.15, 0.2) is 0 Å². The summed E-state index contributed by atoms with van der Waals surface area (Å²) in [5, 5.41) is 1.95. The second kappa shape index (κ2) is 8.43. The van der Waals surface area contributed by atoms with Crippen LogP contribution >= 0.6 is 0 Å². The lowest BCUT2D eigenvalue weighted by Gasteiger charge is -1.94. The van der Waals surface area contributed by atoms with Crippen molar-refractivity contribution >= 4 is 16.0 Å². The topological polar surface area (TPSA) is 83.5 Å². The average Bonchev–Trinajstić information content (AvgIpc) is 2.13. The number of carbonyl (C=O) groups excluding carboxylic acids is 1. The Morgan fingerprint density at radius 1 is 1.53 bits per heavy atom. The Balaban J connectivity index is 0. The highest BCUT2D eigenvalue weighted by Gasteiger charge is 2.08. The quantitative estimate of drug-likeness (QED) is 0.564. The van der Waals surface area contributed by atoms with Gasteiger partial charge in [0, 0.05) is 6.54 Å². The van der Waals surface area contributed by atoms with Gasteiger partial charge in [0.1, 0.15) is 0 Å². The van der Waals surface area contributed by atoms with Crippen LogP contribution in [0.2, 0.25) is 0 Å². The second-order valence-electron chi connectivity index (χ2n) is 3.06. The highest BCUT2D eigenvalue weighted by molar-refractivity contribution is 7.86. The van der Waals surface area contributed by atoms with Gasteiger partial charge in [0.2, 0.25) is 5.91 Å². The molecule has 0 aromatic rings. The van der Waals surface area contributed by atoms with E-state index in [1.807, 2.05) is 6.92 Å². The van der Waals surface area contributed by atoms with Crippen LogP contribution in [0.15, 0.2) is 12.7 Å². The van der Waals surface area contributed by atoms with Crippen LogP contribution < -0.4 is 5.32 Å². The van der Waals surface area contributed by atoms with Crippen LogP contribution in [0.25, 0.3) is 0 Å². The van der Waals surface area contributed by atoms with Gasteiger partial charge in [-0.3, -0.25) is 9.35 Å². The number of rotatable bonds is 4. The molecule has 0 rings (SSSR count). The van der Waals surface area contributed by atoms with Gasteiger partial charge in [-0.05, 0) is 26.3 Å². The summed E-state index contributed by atoms with van der Waals surface area (Å²) >= 11 is 0. The fraction of sp³-hybridized carbons (Fsp3) is 0.667. The third-order valence-corrected chi connectivity index (χ3v) is 2.52. The lowest BCUT2D eigenvalue weighted by molar-refractivity contribution is -0.116. The molecule has 0 aromatic heterocycles. The van der Waals surface area contributed by atoms with Crippen LogP contribution in [0.1, 0.15) is 27.2 Å². The van der Waals surface area contributed by atoms with Crippen LogP contribution in [0.4, 0.5) is 0 Å². The normalized spacial score (nSPS) is 10.2. The van der Waals surface area contributed by atoms with E-state index in [0.717, 1.165) is 13.0 Å².